The number of amides is 1. The number of nitrogens with two attached hydrogens (primary N) is 1. The fourth-order valence-corrected chi connectivity index (χ4v) is 2.07. The van der Waals surface area contributed by atoms with Gasteiger partial charge in [0.1, 0.15) is 0 Å². The van der Waals surface area contributed by atoms with Gasteiger partial charge >= 0.3 is 6.18 Å². The van der Waals surface area contributed by atoms with Crippen molar-refractivity contribution in [2.24, 2.45) is 5.73 Å². The third kappa shape index (κ3) is 3.77. The Morgan fingerprint density at radius 2 is 2.05 bits per heavy atom. The number of carbonyl (C=O) groups excluding carboxylic acids is 1. The molecular weight excluding hydrogens is 299 g/mol. The van der Waals surface area contributed by atoms with Gasteiger partial charge < -0.3 is 21.1 Å². The summed E-state index contributed by atoms with van der Waals surface area (Å²) < 4.78 is 36.4. The van der Waals surface area contributed by atoms with Gasteiger partial charge in [-0.15, -0.1) is 0 Å². The number of hydrogen-bond acceptors (Lipinski definition) is 3. The van der Waals surface area contributed by atoms with Crippen molar-refractivity contribution in [3.05, 3.63) is 36.0 Å². The van der Waals surface area contributed by atoms with E-state index in [0.29, 0.717) is 0 Å². The summed E-state index contributed by atoms with van der Waals surface area (Å²) in [6.07, 6.45) is -5.48. The second-order valence-corrected chi connectivity index (χ2v) is 4.97. The van der Waals surface area contributed by atoms with Crippen LogP contribution in [0.2, 0.25) is 0 Å². The molecule has 0 saturated carbocycles. The van der Waals surface area contributed by atoms with E-state index in [1.54, 1.807) is 6.20 Å². The lowest BCUT2D eigenvalue weighted by Crippen LogP contribution is -2.47. The van der Waals surface area contributed by atoms with Crippen molar-refractivity contribution in [1.82, 2.24) is 10.3 Å². The largest absolute Gasteiger partial charge is 0.416 e. The summed E-state index contributed by atoms with van der Waals surface area (Å²) in [6, 6.07) is 6.42. The highest BCUT2D eigenvalue weighted by Crippen LogP contribution is 2.20. The van der Waals surface area contributed by atoms with Gasteiger partial charge in [0, 0.05) is 17.1 Å². The molecule has 1 amide bonds. The zero-order valence-electron chi connectivity index (χ0n) is 11.5. The molecule has 1 unspecified atom stereocenters. The minimum absolute atomic E-state index is 0.179. The van der Waals surface area contributed by atoms with E-state index >= 15 is 0 Å². The van der Waals surface area contributed by atoms with Crippen LogP contribution < -0.4 is 11.1 Å². The highest BCUT2D eigenvalue weighted by molar-refractivity contribution is 5.86. The third-order valence-electron chi connectivity index (χ3n) is 3.30. The molecule has 0 spiro atoms. The predicted octanol–water partition coefficient (Wildman–Crippen LogP) is 1.08. The minimum Gasteiger partial charge on any atom is -0.382 e. The smallest absolute Gasteiger partial charge is 0.382 e. The number of alkyl halides is 3. The molecular formula is C14H16F3N3O2. The first-order chi connectivity index (χ1) is 10.3. The average molecular weight is 315 g/mol. The molecule has 1 heterocycles. The molecule has 0 aliphatic rings. The van der Waals surface area contributed by atoms with Gasteiger partial charge in [-0.25, -0.2) is 0 Å². The average Bonchev–Trinajstić information content (AvgIpc) is 2.86. The Bertz CT molecular complexity index is 654. The number of aromatic nitrogens is 1. The number of carbonyl (C=O) groups is 1. The Labute approximate surface area is 124 Å². The third-order valence-corrected chi connectivity index (χ3v) is 3.30. The van der Waals surface area contributed by atoms with E-state index in [9.17, 15) is 18.0 Å². The Morgan fingerprint density at radius 3 is 2.73 bits per heavy atom. The molecule has 2 atom stereocenters. The molecule has 2 aromatic rings. The van der Waals surface area contributed by atoms with Crippen LogP contribution in [0, 0.1) is 0 Å². The molecule has 1 aromatic heterocycles. The summed E-state index contributed by atoms with van der Waals surface area (Å²) in [5.41, 5.74) is 7.39. The zero-order valence-corrected chi connectivity index (χ0v) is 11.5. The van der Waals surface area contributed by atoms with Crippen LogP contribution in [0.5, 0.6) is 0 Å². The van der Waals surface area contributed by atoms with Gasteiger partial charge in [-0.2, -0.15) is 13.2 Å². The van der Waals surface area contributed by atoms with Gasteiger partial charge in [-0.05, 0) is 18.1 Å². The van der Waals surface area contributed by atoms with Crippen LogP contribution in [0.3, 0.4) is 0 Å². The quantitative estimate of drug-likeness (QED) is 0.665. The van der Waals surface area contributed by atoms with Crippen LogP contribution in [-0.4, -0.2) is 40.9 Å². The summed E-state index contributed by atoms with van der Waals surface area (Å²) in [6.45, 7) is -0.913. The molecule has 2 rings (SSSR count). The molecule has 0 bridgehead atoms. The summed E-state index contributed by atoms with van der Waals surface area (Å²) >= 11 is 0. The van der Waals surface area contributed by atoms with Gasteiger partial charge in [0.2, 0.25) is 5.91 Å². The molecule has 0 aliphatic carbocycles. The molecule has 0 aliphatic heterocycles. The minimum atomic E-state index is -4.77. The SMILES string of the molecule is N[C@@H](Cc1c[nH]c2ccccc12)C(=O)NCC(O)C(F)(F)F. The maximum Gasteiger partial charge on any atom is 0.416 e. The predicted molar refractivity (Wildman–Crippen MR) is 75.0 cm³/mol. The van der Waals surface area contributed by atoms with E-state index in [4.69, 9.17) is 10.8 Å². The van der Waals surface area contributed by atoms with Crippen LogP contribution in [0.1, 0.15) is 5.56 Å². The number of para-hydroxylation sites is 1. The first-order valence-electron chi connectivity index (χ1n) is 6.62. The topological polar surface area (TPSA) is 91.1 Å². The number of fused-ring (bicyclic) bond motifs is 1. The van der Waals surface area contributed by atoms with Crippen LogP contribution >= 0.6 is 0 Å². The molecule has 0 radical (unpaired) electrons. The van der Waals surface area contributed by atoms with Crippen LogP contribution in [0.25, 0.3) is 10.9 Å². The van der Waals surface area contributed by atoms with Gasteiger partial charge in [0.05, 0.1) is 12.6 Å². The highest BCUT2D eigenvalue weighted by atomic mass is 19.4. The number of hydrogen-bond donors (Lipinski definition) is 4. The first-order valence-corrected chi connectivity index (χ1v) is 6.62. The van der Waals surface area contributed by atoms with Crippen LogP contribution in [-0.2, 0) is 11.2 Å². The second kappa shape index (κ2) is 6.37. The summed E-state index contributed by atoms with van der Waals surface area (Å²) in [5.74, 6) is -0.742. The van der Waals surface area contributed by atoms with Crippen molar-refractivity contribution in [1.29, 1.82) is 0 Å². The van der Waals surface area contributed by atoms with Crippen molar-refractivity contribution in [3.63, 3.8) is 0 Å². The van der Waals surface area contributed by atoms with Crippen LogP contribution in [0.15, 0.2) is 30.5 Å². The number of benzene rings is 1. The number of aliphatic hydroxyl groups excluding tert-OH is 1. The lowest BCUT2D eigenvalue weighted by atomic mass is 10.1. The van der Waals surface area contributed by atoms with Crippen molar-refractivity contribution in [3.8, 4) is 0 Å². The van der Waals surface area contributed by atoms with E-state index < -0.39 is 30.8 Å². The Kier molecular flexibility index (Phi) is 4.72. The Morgan fingerprint density at radius 1 is 1.36 bits per heavy atom. The van der Waals surface area contributed by atoms with E-state index in [-0.39, 0.29) is 6.42 Å². The van der Waals surface area contributed by atoms with Gasteiger partial charge in [0.15, 0.2) is 6.10 Å². The van der Waals surface area contributed by atoms with Gasteiger partial charge in [0.25, 0.3) is 0 Å². The van der Waals surface area contributed by atoms with E-state index in [0.717, 1.165) is 16.5 Å². The second-order valence-electron chi connectivity index (χ2n) is 4.97. The molecule has 5 N–H and O–H groups in total. The van der Waals surface area contributed by atoms with E-state index in [1.807, 2.05) is 29.6 Å². The summed E-state index contributed by atoms with van der Waals surface area (Å²) in [5, 5.41) is 11.7. The number of nitrogens with one attached hydrogen (secondary N) is 2. The van der Waals surface area contributed by atoms with Crippen molar-refractivity contribution in [2.75, 3.05) is 6.54 Å². The highest BCUT2D eigenvalue weighted by Gasteiger charge is 2.38. The first kappa shape index (κ1) is 16.3. The molecule has 0 saturated heterocycles. The lowest BCUT2D eigenvalue weighted by molar-refractivity contribution is -0.201. The Balaban J connectivity index is 1.94. The van der Waals surface area contributed by atoms with Crippen molar-refractivity contribution in [2.45, 2.75) is 24.7 Å². The van der Waals surface area contributed by atoms with E-state index in [2.05, 4.69) is 4.98 Å². The fraction of sp³-hybridized carbons (Fsp3) is 0.357. The summed E-state index contributed by atoms with van der Waals surface area (Å²) in [7, 11) is 0. The molecule has 1 aromatic carbocycles. The maximum atomic E-state index is 12.1. The molecule has 120 valence electrons. The number of aliphatic hydroxyl groups is 1. The molecule has 5 nitrogen and oxygen atoms in total. The molecule has 22 heavy (non-hydrogen) atoms. The van der Waals surface area contributed by atoms with E-state index in [1.165, 1.54) is 0 Å². The van der Waals surface area contributed by atoms with Crippen molar-refractivity contribution < 1.29 is 23.1 Å². The van der Waals surface area contributed by atoms with Crippen LogP contribution in [0.4, 0.5) is 13.2 Å². The summed E-state index contributed by atoms with van der Waals surface area (Å²) in [4.78, 5) is 14.7. The zero-order chi connectivity index (χ0) is 16.3. The number of halogens is 3. The fourth-order valence-electron chi connectivity index (χ4n) is 2.07. The monoisotopic (exact) mass is 315 g/mol. The number of aromatic amines is 1. The standard InChI is InChI=1S/C14H16F3N3O2/c15-14(16,17)12(21)7-20-13(22)10(18)5-8-6-19-11-4-2-1-3-9(8)11/h1-4,6,10,12,19,21H,5,7,18H2,(H,20,22)/t10-,12?/m0/s1. The van der Waals surface area contributed by atoms with Gasteiger partial charge in [-0.3, -0.25) is 4.79 Å². The number of rotatable bonds is 5. The van der Waals surface area contributed by atoms with Gasteiger partial charge in [-0.1, -0.05) is 18.2 Å². The number of H-pyrrole nitrogens is 1. The molecule has 8 heteroatoms. The molecule has 0 fully saturated rings. The lowest BCUT2D eigenvalue weighted by Gasteiger charge is -2.17. The Hall–Kier alpha value is -2.06. The maximum absolute atomic E-state index is 12.1. The van der Waals surface area contributed by atoms with Crippen molar-refractivity contribution >= 4 is 16.8 Å². The normalized spacial score (nSPS) is 14.8.